The number of ether oxygens (including phenoxy) is 3. The highest BCUT2D eigenvalue weighted by Gasteiger charge is 2.74. The first-order chi connectivity index (χ1) is 16.0. The predicted octanol–water partition coefficient (Wildman–Crippen LogP) is 5.37. The van der Waals surface area contributed by atoms with E-state index in [4.69, 9.17) is 25.8 Å². The number of hydrogen-bond donors (Lipinski definition) is 1. The number of halogens is 1. The molecule has 0 saturated heterocycles. The van der Waals surface area contributed by atoms with Gasteiger partial charge in [-0.2, -0.15) is 0 Å². The number of benzene rings is 3. The molecule has 0 spiro atoms. The Bertz CT molecular complexity index is 1190. The zero-order chi connectivity index (χ0) is 23.2. The third-order valence-electron chi connectivity index (χ3n) is 6.58. The van der Waals surface area contributed by atoms with Crippen molar-refractivity contribution in [1.82, 2.24) is 0 Å². The van der Waals surface area contributed by atoms with Gasteiger partial charge in [-0.3, -0.25) is 4.79 Å². The van der Waals surface area contributed by atoms with Crippen LogP contribution in [0.1, 0.15) is 42.9 Å². The van der Waals surface area contributed by atoms with Crippen molar-refractivity contribution in [2.45, 2.75) is 37.4 Å². The molecule has 3 aromatic carbocycles. The molecule has 3 unspecified atom stereocenters. The van der Waals surface area contributed by atoms with E-state index in [0.29, 0.717) is 46.6 Å². The molecule has 5 nitrogen and oxygen atoms in total. The van der Waals surface area contributed by atoms with E-state index in [9.17, 15) is 9.90 Å². The second kappa shape index (κ2) is 8.08. The molecule has 170 valence electrons. The number of Topliss-reactive ketones (excluding diaryl/α,β-unsaturated/α-hetero) is 1. The Morgan fingerprint density at radius 1 is 1.03 bits per heavy atom. The van der Waals surface area contributed by atoms with Crippen LogP contribution >= 0.6 is 11.6 Å². The monoisotopic (exact) mass is 464 g/mol. The van der Waals surface area contributed by atoms with Crippen LogP contribution in [-0.2, 0) is 16.0 Å². The highest BCUT2D eigenvalue weighted by molar-refractivity contribution is 6.30. The molecule has 5 rings (SSSR count). The van der Waals surface area contributed by atoms with Gasteiger partial charge in [-0.1, -0.05) is 54.1 Å². The lowest BCUT2D eigenvalue weighted by molar-refractivity contribution is -0.151. The fraction of sp³-hybridized carbons (Fsp3) is 0.296. The van der Waals surface area contributed by atoms with Crippen molar-refractivity contribution in [2.24, 2.45) is 0 Å². The van der Waals surface area contributed by atoms with E-state index in [2.05, 4.69) is 0 Å². The molecule has 0 bridgehead atoms. The third-order valence-corrected chi connectivity index (χ3v) is 6.83. The molecule has 1 N–H and O–H groups in total. The molecule has 0 amide bonds. The average Bonchev–Trinajstić information content (AvgIpc) is 3.21. The van der Waals surface area contributed by atoms with E-state index >= 15 is 0 Å². The summed E-state index contributed by atoms with van der Waals surface area (Å²) < 4.78 is 18.3. The van der Waals surface area contributed by atoms with Crippen molar-refractivity contribution in [3.05, 3.63) is 88.4 Å². The van der Waals surface area contributed by atoms with Gasteiger partial charge in [-0.25, -0.2) is 0 Å². The number of carbonyl (C=O) groups is 1. The van der Waals surface area contributed by atoms with Crippen molar-refractivity contribution >= 4 is 17.4 Å². The van der Waals surface area contributed by atoms with Crippen LogP contribution < -0.4 is 14.2 Å². The van der Waals surface area contributed by atoms with E-state index < -0.39 is 17.1 Å². The van der Waals surface area contributed by atoms with Crippen LogP contribution in [0.4, 0.5) is 0 Å². The van der Waals surface area contributed by atoms with Gasteiger partial charge in [-0.15, -0.1) is 0 Å². The van der Waals surface area contributed by atoms with Crippen molar-refractivity contribution in [1.29, 1.82) is 0 Å². The summed E-state index contributed by atoms with van der Waals surface area (Å²) in [6.45, 7) is 4.57. The number of rotatable bonds is 6. The van der Waals surface area contributed by atoms with E-state index in [1.165, 1.54) is 0 Å². The normalized spacial score (nSPS) is 25.3. The standard InChI is InChI=1S/C27H25ClO5/c1-3-31-20-14-22(32-4-2)25-23(15-20)33-27(18-10-12-19(28)13-11-18)21(16-24(29)26(25,27)30)17-8-6-5-7-9-17/h5-15,21,30H,3-4,16H2,1-2H3. The van der Waals surface area contributed by atoms with Crippen LogP contribution in [0.25, 0.3) is 0 Å². The van der Waals surface area contributed by atoms with Crippen molar-refractivity contribution < 1.29 is 24.1 Å². The predicted molar refractivity (Wildman–Crippen MR) is 125 cm³/mol. The molecular formula is C27H25ClO5. The molecule has 3 aromatic rings. The number of carbonyl (C=O) groups excluding carboxylic acids is 1. The number of ketones is 1. The largest absolute Gasteiger partial charge is 0.494 e. The first kappa shape index (κ1) is 21.8. The van der Waals surface area contributed by atoms with Crippen molar-refractivity contribution in [2.75, 3.05) is 13.2 Å². The Morgan fingerprint density at radius 3 is 2.39 bits per heavy atom. The summed E-state index contributed by atoms with van der Waals surface area (Å²) in [6, 6.07) is 20.3. The minimum absolute atomic E-state index is 0.126. The summed E-state index contributed by atoms with van der Waals surface area (Å²) in [4.78, 5) is 13.7. The lowest BCUT2D eigenvalue weighted by atomic mass is 9.71. The Hall–Kier alpha value is -3.02. The summed E-state index contributed by atoms with van der Waals surface area (Å²) in [7, 11) is 0. The molecule has 0 radical (unpaired) electrons. The summed E-state index contributed by atoms with van der Waals surface area (Å²) in [5.74, 6) is 0.595. The van der Waals surface area contributed by atoms with Gasteiger partial charge in [0.25, 0.3) is 0 Å². The molecule has 3 atom stereocenters. The number of aliphatic hydroxyl groups is 1. The Balaban J connectivity index is 1.80. The zero-order valence-electron chi connectivity index (χ0n) is 18.5. The minimum atomic E-state index is -1.94. The summed E-state index contributed by atoms with van der Waals surface area (Å²) in [6.07, 6.45) is 0.126. The van der Waals surface area contributed by atoms with Crippen LogP contribution in [0, 0.1) is 0 Å². The highest BCUT2D eigenvalue weighted by Crippen LogP contribution is 2.67. The van der Waals surface area contributed by atoms with E-state index in [1.54, 1.807) is 24.3 Å². The average molecular weight is 465 g/mol. The Morgan fingerprint density at radius 2 is 1.73 bits per heavy atom. The molecule has 0 aromatic heterocycles. The van der Waals surface area contributed by atoms with Crippen molar-refractivity contribution in [3.8, 4) is 17.2 Å². The molecular weight excluding hydrogens is 440 g/mol. The molecule has 1 aliphatic heterocycles. The summed E-state index contributed by atoms with van der Waals surface area (Å²) >= 11 is 6.18. The smallest absolute Gasteiger partial charge is 0.200 e. The van der Waals surface area contributed by atoms with Crippen LogP contribution in [0.15, 0.2) is 66.7 Å². The molecule has 2 aliphatic rings. The zero-order valence-corrected chi connectivity index (χ0v) is 19.3. The first-order valence-electron chi connectivity index (χ1n) is 11.2. The van der Waals surface area contributed by atoms with Gasteiger partial charge in [-0.05, 0) is 37.1 Å². The van der Waals surface area contributed by atoms with Gasteiger partial charge < -0.3 is 19.3 Å². The second-order valence-electron chi connectivity index (χ2n) is 8.31. The fourth-order valence-corrected chi connectivity index (χ4v) is 5.43. The Labute approximate surface area is 197 Å². The molecule has 1 aliphatic carbocycles. The maximum Gasteiger partial charge on any atom is 0.200 e. The lowest BCUT2D eigenvalue weighted by Gasteiger charge is -2.39. The van der Waals surface area contributed by atoms with Gasteiger partial charge in [0, 0.05) is 29.5 Å². The fourth-order valence-electron chi connectivity index (χ4n) is 5.31. The van der Waals surface area contributed by atoms with E-state index in [0.717, 1.165) is 5.56 Å². The summed E-state index contributed by atoms with van der Waals surface area (Å²) in [5.41, 5.74) is -1.38. The third kappa shape index (κ3) is 3.06. The second-order valence-corrected chi connectivity index (χ2v) is 8.74. The molecule has 6 heteroatoms. The quantitative estimate of drug-likeness (QED) is 0.531. The highest BCUT2D eigenvalue weighted by atomic mass is 35.5. The molecule has 33 heavy (non-hydrogen) atoms. The van der Waals surface area contributed by atoms with E-state index in [1.807, 2.05) is 56.3 Å². The topological polar surface area (TPSA) is 65.0 Å². The van der Waals surface area contributed by atoms with Crippen LogP contribution in [-0.4, -0.2) is 24.1 Å². The maximum atomic E-state index is 13.7. The van der Waals surface area contributed by atoms with Gasteiger partial charge in [0.15, 0.2) is 17.0 Å². The Kier molecular flexibility index (Phi) is 5.34. The van der Waals surface area contributed by atoms with Gasteiger partial charge in [0.1, 0.15) is 17.2 Å². The van der Waals surface area contributed by atoms with Gasteiger partial charge in [0.05, 0.1) is 18.8 Å². The first-order valence-corrected chi connectivity index (χ1v) is 11.5. The number of hydrogen-bond acceptors (Lipinski definition) is 5. The van der Waals surface area contributed by atoms with Crippen LogP contribution in [0.5, 0.6) is 17.2 Å². The van der Waals surface area contributed by atoms with Gasteiger partial charge in [0.2, 0.25) is 0 Å². The number of fused-ring (bicyclic) bond motifs is 3. The van der Waals surface area contributed by atoms with Crippen molar-refractivity contribution in [3.63, 3.8) is 0 Å². The van der Waals surface area contributed by atoms with Crippen LogP contribution in [0.2, 0.25) is 5.02 Å². The molecule has 1 saturated carbocycles. The summed E-state index contributed by atoms with van der Waals surface area (Å²) in [5, 5.41) is 12.9. The maximum absolute atomic E-state index is 13.7. The lowest BCUT2D eigenvalue weighted by Crippen LogP contribution is -2.50. The SMILES string of the molecule is CCOc1cc(OCC)c2c(c1)OC1(c3ccc(Cl)cc3)C(c3ccccc3)CC(=O)C21O. The van der Waals surface area contributed by atoms with E-state index in [-0.39, 0.29) is 12.2 Å². The molecule has 1 fully saturated rings. The van der Waals surface area contributed by atoms with Gasteiger partial charge >= 0.3 is 0 Å². The minimum Gasteiger partial charge on any atom is -0.494 e. The molecule has 1 heterocycles. The van der Waals surface area contributed by atoms with Crippen LogP contribution in [0.3, 0.4) is 0 Å².